The Morgan fingerprint density at radius 2 is 1.76 bits per heavy atom. The number of aliphatic hydroxyl groups is 1. The van der Waals surface area contributed by atoms with Crippen LogP contribution in [0.4, 0.5) is 0 Å². The summed E-state index contributed by atoms with van der Waals surface area (Å²) in [6.45, 7) is 2.20. The summed E-state index contributed by atoms with van der Waals surface area (Å²) in [7, 11) is 0. The molecule has 0 aliphatic heterocycles. The summed E-state index contributed by atoms with van der Waals surface area (Å²) in [6.07, 6.45) is 6.04. The van der Waals surface area contributed by atoms with Gasteiger partial charge < -0.3 is 5.11 Å². The molecule has 1 nitrogen and oxygen atoms in total. The molecule has 2 aliphatic carbocycles. The van der Waals surface area contributed by atoms with Gasteiger partial charge in [0.15, 0.2) is 0 Å². The van der Waals surface area contributed by atoms with Crippen molar-refractivity contribution in [1.82, 2.24) is 0 Å². The normalized spacial score (nSPS) is 32.2. The lowest BCUT2D eigenvalue weighted by Crippen LogP contribution is -2.10. The van der Waals surface area contributed by atoms with Crippen molar-refractivity contribution in [3.05, 3.63) is 35.4 Å². The maximum Gasteiger partial charge on any atom is 0.0818 e. The molecule has 3 rings (SSSR count). The summed E-state index contributed by atoms with van der Waals surface area (Å²) in [4.78, 5) is 0. The minimum Gasteiger partial charge on any atom is -0.388 e. The van der Waals surface area contributed by atoms with Gasteiger partial charge in [-0.3, -0.25) is 0 Å². The molecule has 2 saturated carbocycles. The molecule has 0 spiro atoms. The fourth-order valence-electron chi connectivity index (χ4n) is 3.46. The summed E-state index contributed by atoms with van der Waals surface area (Å²) < 4.78 is 0. The van der Waals surface area contributed by atoms with Crippen molar-refractivity contribution in [3.8, 4) is 0 Å². The SMILES string of the molecule is CCCc1ccc(C(O)C2CC3CC3C2)cc1. The Morgan fingerprint density at radius 1 is 1.12 bits per heavy atom. The van der Waals surface area contributed by atoms with Crippen molar-refractivity contribution in [2.75, 3.05) is 0 Å². The van der Waals surface area contributed by atoms with Crippen LogP contribution < -0.4 is 0 Å². The minimum atomic E-state index is -0.224. The van der Waals surface area contributed by atoms with Gasteiger partial charge in [-0.2, -0.15) is 0 Å². The van der Waals surface area contributed by atoms with E-state index in [0.29, 0.717) is 5.92 Å². The Labute approximate surface area is 104 Å². The Hall–Kier alpha value is -0.820. The lowest BCUT2D eigenvalue weighted by molar-refractivity contribution is 0.104. The van der Waals surface area contributed by atoms with Crippen LogP contribution in [0.25, 0.3) is 0 Å². The lowest BCUT2D eigenvalue weighted by atomic mass is 9.91. The highest BCUT2D eigenvalue weighted by Gasteiger charge is 2.47. The number of hydrogen-bond donors (Lipinski definition) is 1. The molecule has 3 unspecified atom stereocenters. The Balaban J connectivity index is 1.66. The average Bonchev–Trinajstić information content (AvgIpc) is 2.97. The zero-order valence-electron chi connectivity index (χ0n) is 10.6. The van der Waals surface area contributed by atoms with E-state index in [1.165, 1.54) is 31.2 Å². The third-order valence-corrected chi connectivity index (χ3v) is 4.59. The van der Waals surface area contributed by atoms with Crippen molar-refractivity contribution >= 4 is 0 Å². The van der Waals surface area contributed by atoms with Crippen molar-refractivity contribution in [2.24, 2.45) is 17.8 Å². The Bertz CT molecular complexity index is 371. The minimum absolute atomic E-state index is 0.224. The molecule has 0 aromatic heterocycles. The van der Waals surface area contributed by atoms with Gasteiger partial charge in [-0.1, -0.05) is 37.6 Å². The summed E-state index contributed by atoms with van der Waals surface area (Å²) in [5.41, 5.74) is 2.51. The van der Waals surface area contributed by atoms with Crippen molar-refractivity contribution < 1.29 is 5.11 Å². The highest BCUT2D eigenvalue weighted by atomic mass is 16.3. The molecule has 1 aromatic carbocycles. The zero-order chi connectivity index (χ0) is 11.8. The molecule has 2 aliphatic rings. The van der Waals surface area contributed by atoms with Crippen molar-refractivity contribution in [1.29, 1.82) is 0 Å². The third-order valence-electron chi connectivity index (χ3n) is 4.59. The quantitative estimate of drug-likeness (QED) is 0.836. The van der Waals surface area contributed by atoms with Crippen LogP contribution in [0.5, 0.6) is 0 Å². The molecule has 17 heavy (non-hydrogen) atoms. The molecule has 0 saturated heterocycles. The van der Waals surface area contributed by atoms with Crippen LogP contribution in [0.15, 0.2) is 24.3 Å². The van der Waals surface area contributed by atoms with E-state index in [9.17, 15) is 5.11 Å². The van der Waals surface area contributed by atoms with Gasteiger partial charge in [-0.05, 0) is 54.6 Å². The molecule has 0 heterocycles. The largest absolute Gasteiger partial charge is 0.388 e. The van der Waals surface area contributed by atoms with E-state index in [1.807, 2.05) is 0 Å². The molecule has 92 valence electrons. The van der Waals surface area contributed by atoms with E-state index < -0.39 is 0 Å². The van der Waals surface area contributed by atoms with Crippen LogP contribution in [0.2, 0.25) is 0 Å². The number of hydrogen-bond acceptors (Lipinski definition) is 1. The summed E-state index contributed by atoms with van der Waals surface area (Å²) >= 11 is 0. The standard InChI is InChI=1S/C16H22O/c1-2-3-11-4-6-12(7-5-11)16(17)15-9-13-8-14(13)10-15/h4-7,13-17H,2-3,8-10H2,1H3. The molecular formula is C16H22O. The zero-order valence-corrected chi connectivity index (χ0v) is 10.6. The predicted molar refractivity (Wildman–Crippen MR) is 69.7 cm³/mol. The lowest BCUT2D eigenvalue weighted by Gasteiger charge is -2.20. The van der Waals surface area contributed by atoms with Crippen LogP contribution in [0.3, 0.4) is 0 Å². The van der Waals surface area contributed by atoms with Gasteiger partial charge in [-0.15, -0.1) is 0 Å². The van der Waals surface area contributed by atoms with Crippen LogP contribution in [-0.2, 0) is 6.42 Å². The first-order valence-corrected chi connectivity index (χ1v) is 7.05. The van der Waals surface area contributed by atoms with Crippen molar-refractivity contribution in [3.63, 3.8) is 0 Å². The second-order valence-electron chi connectivity index (χ2n) is 5.92. The molecule has 2 fully saturated rings. The fourth-order valence-corrected chi connectivity index (χ4v) is 3.46. The van der Waals surface area contributed by atoms with Crippen LogP contribution in [0, 0.1) is 17.8 Å². The highest BCUT2D eigenvalue weighted by molar-refractivity contribution is 5.25. The van der Waals surface area contributed by atoms with Crippen molar-refractivity contribution in [2.45, 2.75) is 45.1 Å². The van der Waals surface area contributed by atoms with Crippen LogP contribution in [-0.4, -0.2) is 5.11 Å². The number of aryl methyl sites for hydroxylation is 1. The molecule has 1 aromatic rings. The van der Waals surface area contributed by atoms with Gasteiger partial charge in [0.05, 0.1) is 6.10 Å². The number of aliphatic hydroxyl groups excluding tert-OH is 1. The maximum absolute atomic E-state index is 10.4. The fraction of sp³-hybridized carbons (Fsp3) is 0.625. The number of rotatable bonds is 4. The first kappa shape index (κ1) is 11.3. The smallest absolute Gasteiger partial charge is 0.0818 e. The number of benzene rings is 1. The topological polar surface area (TPSA) is 20.2 Å². The molecule has 1 N–H and O–H groups in total. The number of fused-ring (bicyclic) bond motifs is 1. The van der Waals surface area contributed by atoms with Crippen LogP contribution in [0.1, 0.15) is 49.8 Å². The summed E-state index contributed by atoms with van der Waals surface area (Å²) in [5, 5.41) is 10.4. The maximum atomic E-state index is 10.4. The average molecular weight is 230 g/mol. The third kappa shape index (κ3) is 2.26. The second kappa shape index (κ2) is 4.45. The Morgan fingerprint density at radius 3 is 2.35 bits per heavy atom. The monoisotopic (exact) mass is 230 g/mol. The van der Waals surface area contributed by atoms with E-state index in [1.54, 1.807) is 0 Å². The molecular weight excluding hydrogens is 208 g/mol. The highest BCUT2D eigenvalue weighted by Crippen LogP contribution is 2.57. The second-order valence-corrected chi connectivity index (χ2v) is 5.92. The van der Waals surface area contributed by atoms with Gasteiger partial charge >= 0.3 is 0 Å². The van der Waals surface area contributed by atoms with Gasteiger partial charge in [0.25, 0.3) is 0 Å². The molecule has 0 radical (unpaired) electrons. The molecule has 1 heteroatoms. The van der Waals surface area contributed by atoms with E-state index in [0.717, 1.165) is 23.8 Å². The van der Waals surface area contributed by atoms with E-state index in [4.69, 9.17) is 0 Å². The molecule has 3 atom stereocenters. The summed E-state index contributed by atoms with van der Waals surface area (Å²) in [6, 6.07) is 8.61. The van der Waals surface area contributed by atoms with Gasteiger partial charge in [0, 0.05) is 0 Å². The first-order chi connectivity index (χ1) is 8.28. The van der Waals surface area contributed by atoms with E-state index >= 15 is 0 Å². The first-order valence-electron chi connectivity index (χ1n) is 7.05. The summed E-state index contributed by atoms with van der Waals surface area (Å²) in [5.74, 6) is 2.43. The van der Waals surface area contributed by atoms with Gasteiger partial charge in [0.2, 0.25) is 0 Å². The van der Waals surface area contributed by atoms with E-state index in [2.05, 4.69) is 31.2 Å². The van der Waals surface area contributed by atoms with E-state index in [-0.39, 0.29) is 6.10 Å². The predicted octanol–water partition coefficient (Wildman–Crippen LogP) is 3.72. The van der Waals surface area contributed by atoms with Crippen LogP contribution >= 0.6 is 0 Å². The van der Waals surface area contributed by atoms with Gasteiger partial charge in [0.1, 0.15) is 0 Å². The van der Waals surface area contributed by atoms with Gasteiger partial charge in [-0.25, -0.2) is 0 Å². The Kier molecular flexibility index (Phi) is 2.96. The molecule has 0 amide bonds. The molecule has 0 bridgehead atoms.